The van der Waals surface area contributed by atoms with Gasteiger partial charge in [-0.1, -0.05) is 18.2 Å². The molecule has 0 aliphatic carbocycles. The first-order valence-corrected chi connectivity index (χ1v) is 6.96. The van der Waals surface area contributed by atoms with E-state index in [1.807, 2.05) is 0 Å². The molecule has 0 heterocycles. The monoisotopic (exact) mass is 335 g/mol. The molecule has 0 unspecified atom stereocenters. The number of carbonyl (C=O) groups excluding carboxylic acids is 2. The molecule has 23 heavy (non-hydrogen) atoms. The zero-order valence-corrected chi connectivity index (χ0v) is 12.5. The Morgan fingerprint density at radius 1 is 1.22 bits per heavy atom. The molecule has 1 aromatic carbocycles. The molecule has 0 atom stereocenters. The van der Waals surface area contributed by atoms with Gasteiger partial charge in [0.2, 0.25) is 5.91 Å². The van der Waals surface area contributed by atoms with Crippen molar-refractivity contribution in [2.24, 2.45) is 0 Å². The number of alkyl halides is 3. The maximum absolute atomic E-state index is 13.4. The van der Waals surface area contributed by atoms with E-state index in [1.54, 1.807) is 6.07 Å². The van der Waals surface area contributed by atoms with Gasteiger partial charge in [-0.3, -0.25) is 9.59 Å². The Morgan fingerprint density at radius 3 is 2.43 bits per heavy atom. The van der Waals surface area contributed by atoms with Gasteiger partial charge in [0.25, 0.3) is 0 Å². The quantitative estimate of drug-likeness (QED) is 0.569. The molecule has 1 amide bonds. The van der Waals surface area contributed by atoms with Crippen LogP contribution in [0.4, 0.5) is 17.6 Å². The second kappa shape index (κ2) is 8.50. The highest BCUT2D eigenvalue weighted by Crippen LogP contribution is 2.18. The van der Waals surface area contributed by atoms with Gasteiger partial charge in [0.15, 0.2) is 0 Å². The largest absolute Gasteiger partial charge is 0.465 e. The van der Waals surface area contributed by atoms with Crippen LogP contribution < -0.4 is 0 Å². The Balaban J connectivity index is 2.70. The molecule has 0 fully saturated rings. The lowest BCUT2D eigenvalue weighted by Gasteiger charge is -2.23. The topological polar surface area (TPSA) is 46.6 Å². The highest BCUT2D eigenvalue weighted by molar-refractivity contribution is 5.82. The number of benzene rings is 1. The Hall–Kier alpha value is -2.12. The lowest BCUT2D eigenvalue weighted by molar-refractivity contribution is -0.167. The minimum atomic E-state index is -4.64. The molecule has 0 N–H and O–H groups in total. The van der Waals surface area contributed by atoms with E-state index in [0.29, 0.717) is 4.90 Å². The number of esters is 1. The maximum atomic E-state index is 13.4. The second-order valence-corrected chi connectivity index (χ2v) is 4.76. The summed E-state index contributed by atoms with van der Waals surface area (Å²) in [6.45, 7) is -0.834. The van der Waals surface area contributed by atoms with Gasteiger partial charge < -0.3 is 9.64 Å². The van der Waals surface area contributed by atoms with Crippen molar-refractivity contribution in [1.82, 2.24) is 4.90 Å². The fourth-order valence-electron chi connectivity index (χ4n) is 1.91. The normalized spacial score (nSPS) is 11.2. The van der Waals surface area contributed by atoms with Crippen LogP contribution >= 0.6 is 0 Å². The Kier molecular flexibility index (Phi) is 6.99. The summed E-state index contributed by atoms with van der Waals surface area (Å²) in [6, 6.07) is 5.68. The number of ether oxygens (including phenoxy) is 1. The average Bonchev–Trinajstić information content (AvgIpc) is 2.44. The van der Waals surface area contributed by atoms with Gasteiger partial charge in [-0.15, -0.1) is 0 Å². The molecule has 0 radical (unpaired) electrons. The Bertz CT molecular complexity index is 546. The molecule has 0 aliphatic heterocycles. The number of aryl methyl sites for hydroxylation is 1. The van der Waals surface area contributed by atoms with Gasteiger partial charge in [-0.05, 0) is 25.0 Å². The van der Waals surface area contributed by atoms with E-state index in [0.717, 1.165) is 0 Å². The standard InChI is InChI=1S/C15H17F4NO3/c1-2-23-14(22)9-20(10-15(17,18)19)13(21)8-7-11-5-3-4-6-12(11)16/h3-6H,2,7-10H2,1H3. The summed E-state index contributed by atoms with van der Waals surface area (Å²) < 4.78 is 55.6. The number of rotatable bonds is 7. The first-order chi connectivity index (χ1) is 10.7. The summed E-state index contributed by atoms with van der Waals surface area (Å²) >= 11 is 0. The van der Waals surface area contributed by atoms with Crippen molar-refractivity contribution in [3.05, 3.63) is 35.6 Å². The molecular formula is C15H17F4NO3. The number of hydrogen-bond acceptors (Lipinski definition) is 3. The van der Waals surface area contributed by atoms with E-state index < -0.39 is 37.0 Å². The van der Waals surface area contributed by atoms with E-state index in [-0.39, 0.29) is 25.0 Å². The molecule has 0 saturated heterocycles. The summed E-state index contributed by atoms with van der Waals surface area (Å²) in [5.74, 6) is -2.34. The SMILES string of the molecule is CCOC(=O)CN(CC(F)(F)F)C(=O)CCc1ccccc1F. The number of halogens is 4. The van der Waals surface area contributed by atoms with Crippen LogP contribution in [-0.2, 0) is 20.7 Å². The van der Waals surface area contributed by atoms with E-state index >= 15 is 0 Å². The molecule has 0 aromatic heterocycles. The van der Waals surface area contributed by atoms with Crippen molar-refractivity contribution in [1.29, 1.82) is 0 Å². The van der Waals surface area contributed by atoms with Gasteiger partial charge in [-0.25, -0.2) is 4.39 Å². The van der Waals surface area contributed by atoms with Gasteiger partial charge in [0.05, 0.1) is 6.61 Å². The molecule has 0 aliphatic rings. The van der Waals surface area contributed by atoms with Gasteiger partial charge in [0, 0.05) is 6.42 Å². The van der Waals surface area contributed by atoms with Crippen LogP contribution in [0, 0.1) is 5.82 Å². The molecular weight excluding hydrogens is 318 g/mol. The first-order valence-electron chi connectivity index (χ1n) is 6.96. The van der Waals surface area contributed by atoms with E-state index in [4.69, 9.17) is 0 Å². The third-order valence-electron chi connectivity index (χ3n) is 2.91. The summed E-state index contributed by atoms with van der Waals surface area (Å²) in [4.78, 5) is 23.6. The summed E-state index contributed by atoms with van der Waals surface area (Å²) in [5, 5.41) is 0. The zero-order valence-electron chi connectivity index (χ0n) is 12.5. The Morgan fingerprint density at radius 2 is 1.87 bits per heavy atom. The lowest BCUT2D eigenvalue weighted by atomic mass is 10.1. The molecule has 0 bridgehead atoms. The van der Waals surface area contributed by atoms with E-state index in [2.05, 4.69) is 4.74 Å². The van der Waals surface area contributed by atoms with Gasteiger partial charge >= 0.3 is 12.1 Å². The third kappa shape index (κ3) is 7.12. The van der Waals surface area contributed by atoms with Crippen LogP contribution in [0.3, 0.4) is 0 Å². The minimum Gasteiger partial charge on any atom is -0.465 e. The van der Waals surface area contributed by atoms with E-state index in [9.17, 15) is 27.2 Å². The first kappa shape index (κ1) is 18.9. The van der Waals surface area contributed by atoms with Crippen molar-refractivity contribution < 1.29 is 31.9 Å². The molecule has 8 heteroatoms. The van der Waals surface area contributed by atoms with Crippen molar-refractivity contribution in [2.45, 2.75) is 25.9 Å². The fraction of sp³-hybridized carbons (Fsp3) is 0.467. The maximum Gasteiger partial charge on any atom is 0.406 e. The summed E-state index contributed by atoms with van der Waals surface area (Å²) in [7, 11) is 0. The highest BCUT2D eigenvalue weighted by Gasteiger charge is 2.34. The van der Waals surface area contributed by atoms with Crippen LogP contribution in [0.25, 0.3) is 0 Å². The van der Waals surface area contributed by atoms with Crippen LogP contribution in [0.2, 0.25) is 0 Å². The number of amides is 1. The van der Waals surface area contributed by atoms with Crippen molar-refractivity contribution in [2.75, 3.05) is 19.7 Å². The number of hydrogen-bond donors (Lipinski definition) is 0. The summed E-state index contributed by atoms with van der Waals surface area (Å²) in [5.41, 5.74) is 0.226. The zero-order chi connectivity index (χ0) is 17.5. The lowest BCUT2D eigenvalue weighted by Crippen LogP contribution is -2.42. The van der Waals surface area contributed by atoms with Crippen molar-refractivity contribution in [3.63, 3.8) is 0 Å². The molecule has 1 rings (SSSR count). The van der Waals surface area contributed by atoms with Crippen LogP contribution in [0.15, 0.2) is 24.3 Å². The van der Waals surface area contributed by atoms with Crippen molar-refractivity contribution in [3.8, 4) is 0 Å². The minimum absolute atomic E-state index is 0.00209. The van der Waals surface area contributed by atoms with Crippen LogP contribution in [0.5, 0.6) is 0 Å². The molecule has 1 aromatic rings. The molecule has 0 spiro atoms. The van der Waals surface area contributed by atoms with Crippen molar-refractivity contribution >= 4 is 11.9 Å². The van der Waals surface area contributed by atoms with E-state index in [1.165, 1.54) is 25.1 Å². The average molecular weight is 335 g/mol. The highest BCUT2D eigenvalue weighted by atomic mass is 19.4. The molecule has 128 valence electrons. The van der Waals surface area contributed by atoms with Crippen LogP contribution in [-0.4, -0.2) is 42.6 Å². The molecule has 4 nitrogen and oxygen atoms in total. The van der Waals surface area contributed by atoms with Crippen LogP contribution in [0.1, 0.15) is 18.9 Å². The van der Waals surface area contributed by atoms with Gasteiger partial charge in [-0.2, -0.15) is 13.2 Å². The third-order valence-corrected chi connectivity index (χ3v) is 2.91. The predicted molar refractivity (Wildman–Crippen MR) is 74.0 cm³/mol. The second-order valence-electron chi connectivity index (χ2n) is 4.76. The fourth-order valence-corrected chi connectivity index (χ4v) is 1.91. The number of nitrogens with zero attached hydrogens (tertiary/aromatic N) is 1. The Labute approximate surface area is 131 Å². The molecule has 0 saturated carbocycles. The van der Waals surface area contributed by atoms with Gasteiger partial charge in [0.1, 0.15) is 18.9 Å². The summed E-state index contributed by atoms with van der Waals surface area (Å²) in [6.07, 6.45) is -5.03. The number of carbonyl (C=O) groups is 2. The predicted octanol–water partition coefficient (Wildman–Crippen LogP) is 2.71. The smallest absolute Gasteiger partial charge is 0.406 e.